The molecule has 0 aliphatic carbocycles. The fraction of sp³-hybridized carbons (Fsp3) is 0.391. The molecule has 2 aromatic carbocycles. The summed E-state index contributed by atoms with van der Waals surface area (Å²) < 4.78 is 1.40. The Bertz CT molecular complexity index is 922. The molecule has 27 heavy (non-hydrogen) atoms. The lowest BCUT2D eigenvalue weighted by atomic mass is 9.88. The van der Waals surface area contributed by atoms with Crippen molar-refractivity contribution >= 4 is 27.1 Å². The van der Waals surface area contributed by atoms with Crippen LogP contribution in [-0.4, -0.2) is 56.6 Å². The molecular weight excluding hydrogens is 350 g/mol. The van der Waals surface area contributed by atoms with E-state index in [4.69, 9.17) is 0 Å². The molecular formula is C23H27N3S. The number of hydrogen-bond donors (Lipinski definition) is 0. The minimum absolute atomic E-state index is 0.484. The lowest BCUT2D eigenvalue weighted by molar-refractivity contribution is 0.296. The Morgan fingerprint density at radius 1 is 0.889 bits per heavy atom. The number of likely N-dealkylation sites (N-methyl/N-ethyl adjacent to an activating group) is 2. The van der Waals surface area contributed by atoms with E-state index in [0.717, 1.165) is 39.3 Å². The molecule has 3 heterocycles. The summed E-state index contributed by atoms with van der Waals surface area (Å²) in [5, 5.41) is 1.38. The maximum absolute atomic E-state index is 2.54. The van der Waals surface area contributed by atoms with Crippen molar-refractivity contribution in [1.29, 1.82) is 0 Å². The van der Waals surface area contributed by atoms with Crippen molar-refractivity contribution in [1.82, 2.24) is 9.80 Å². The van der Waals surface area contributed by atoms with Gasteiger partial charge in [-0.15, -0.1) is 11.3 Å². The van der Waals surface area contributed by atoms with Gasteiger partial charge in [0, 0.05) is 60.5 Å². The van der Waals surface area contributed by atoms with Crippen LogP contribution in [0.1, 0.15) is 21.9 Å². The number of hydrogen-bond acceptors (Lipinski definition) is 4. The summed E-state index contributed by atoms with van der Waals surface area (Å²) in [7, 11) is 4.47. The molecule has 1 fully saturated rings. The maximum Gasteiger partial charge on any atom is 0.0370 e. The van der Waals surface area contributed by atoms with Gasteiger partial charge in [0.1, 0.15) is 0 Å². The third-order valence-corrected chi connectivity index (χ3v) is 7.32. The monoisotopic (exact) mass is 377 g/mol. The number of nitrogens with zero attached hydrogens (tertiary/aromatic N) is 3. The fourth-order valence-corrected chi connectivity index (χ4v) is 5.69. The van der Waals surface area contributed by atoms with Gasteiger partial charge in [-0.25, -0.2) is 0 Å². The van der Waals surface area contributed by atoms with Crippen molar-refractivity contribution in [2.45, 2.75) is 12.5 Å². The zero-order chi connectivity index (χ0) is 18.4. The zero-order valence-corrected chi connectivity index (χ0v) is 17.0. The molecule has 1 unspecified atom stereocenters. The van der Waals surface area contributed by atoms with Crippen LogP contribution in [0.2, 0.25) is 0 Å². The van der Waals surface area contributed by atoms with Crippen molar-refractivity contribution in [3.63, 3.8) is 0 Å². The molecule has 1 aromatic heterocycles. The largest absolute Gasteiger partial charge is 0.369 e. The minimum Gasteiger partial charge on any atom is -0.369 e. The molecule has 3 nitrogen and oxygen atoms in total. The standard InChI is InChI=1S/C23H27N3S/c1-24-9-11-26(12-10-24)19-7-8-20-18(13-19)15-25(2)16-21(20)23-14-17-5-3-4-6-22(17)27-23/h3-8,13-14,21H,9-12,15-16H2,1-2H3. The van der Waals surface area contributed by atoms with Crippen LogP contribution in [0, 0.1) is 0 Å². The summed E-state index contributed by atoms with van der Waals surface area (Å²) in [6, 6.07) is 18.4. The zero-order valence-electron chi connectivity index (χ0n) is 16.2. The Hall–Kier alpha value is -1.88. The highest BCUT2D eigenvalue weighted by Gasteiger charge is 2.27. The summed E-state index contributed by atoms with van der Waals surface area (Å²) in [5.74, 6) is 0.484. The third-order valence-electron chi connectivity index (χ3n) is 6.09. The minimum atomic E-state index is 0.484. The van der Waals surface area contributed by atoms with Gasteiger partial charge in [0.15, 0.2) is 0 Å². The number of piperazine rings is 1. The Morgan fingerprint density at radius 2 is 1.70 bits per heavy atom. The first-order valence-electron chi connectivity index (χ1n) is 9.91. The topological polar surface area (TPSA) is 9.72 Å². The first kappa shape index (κ1) is 17.2. The highest BCUT2D eigenvalue weighted by molar-refractivity contribution is 7.19. The number of anilines is 1. The second-order valence-electron chi connectivity index (χ2n) is 8.11. The van der Waals surface area contributed by atoms with Gasteiger partial charge in [-0.05, 0) is 54.9 Å². The van der Waals surface area contributed by atoms with Crippen molar-refractivity contribution in [3.05, 3.63) is 64.5 Å². The highest BCUT2D eigenvalue weighted by Crippen LogP contribution is 2.39. The molecule has 1 atom stereocenters. The third kappa shape index (κ3) is 3.27. The number of rotatable bonds is 2. The molecule has 0 amide bonds. The van der Waals surface area contributed by atoms with Gasteiger partial charge in [-0.2, -0.15) is 0 Å². The van der Waals surface area contributed by atoms with Gasteiger partial charge < -0.3 is 14.7 Å². The molecule has 0 bridgehead atoms. The van der Waals surface area contributed by atoms with Crippen LogP contribution in [-0.2, 0) is 6.54 Å². The predicted octanol–water partition coefficient (Wildman–Crippen LogP) is 4.23. The van der Waals surface area contributed by atoms with Crippen LogP contribution >= 0.6 is 11.3 Å². The van der Waals surface area contributed by atoms with E-state index in [0.29, 0.717) is 5.92 Å². The van der Waals surface area contributed by atoms with Crippen LogP contribution in [0.15, 0.2) is 48.5 Å². The Morgan fingerprint density at radius 3 is 2.52 bits per heavy atom. The average Bonchev–Trinajstić information content (AvgIpc) is 3.11. The Balaban J connectivity index is 1.49. The molecule has 4 heteroatoms. The maximum atomic E-state index is 2.54. The molecule has 3 aromatic rings. The molecule has 2 aliphatic rings. The van der Waals surface area contributed by atoms with Gasteiger partial charge in [0.05, 0.1) is 0 Å². The average molecular weight is 378 g/mol. The smallest absolute Gasteiger partial charge is 0.0370 e. The summed E-state index contributed by atoms with van der Waals surface area (Å²) in [5.41, 5.74) is 4.42. The summed E-state index contributed by atoms with van der Waals surface area (Å²) in [6.45, 7) is 6.73. The predicted molar refractivity (Wildman–Crippen MR) is 116 cm³/mol. The van der Waals surface area contributed by atoms with Crippen LogP contribution in [0.4, 0.5) is 5.69 Å². The van der Waals surface area contributed by atoms with Crippen LogP contribution in [0.25, 0.3) is 10.1 Å². The molecule has 5 rings (SSSR count). The quantitative estimate of drug-likeness (QED) is 0.662. The SMILES string of the molecule is CN1CCN(c2ccc3c(c2)CN(C)CC3c2cc3ccccc3s2)CC1. The first-order valence-corrected chi connectivity index (χ1v) is 10.7. The van der Waals surface area contributed by atoms with Gasteiger partial charge in [-0.1, -0.05) is 24.3 Å². The Kier molecular flexibility index (Phi) is 4.43. The Labute approximate surface area is 165 Å². The second-order valence-corrected chi connectivity index (χ2v) is 9.22. The van der Waals surface area contributed by atoms with E-state index in [-0.39, 0.29) is 0 Å². The lowest BCUT2D eigenvalue weighted by Gasteiger charge is -2.36. The first-order chi connectivity index (χ1) is 13.2. The van der Waals surface area contributed by atoms with Crippen LogP contribution in [0.5, 0.6) is 0 Å². The highest BCUT2D eigenvalue weighted by atomic mass is 32.1. The summed E-state index contributed by atoms with van der Waals surface area (Å²) in [6.07, 6.45) is 0. The van der Waals surface area contributed by atoms with Crippen LogP contribution < -0.4 is 4.90 Å². The molecule has 0 spiro atoms. The fourth-order valence-electron chi connectivity index (χ4n) is 4.51. The number of thiophene rings is 1. The summed E-state index contributed by atoms with van der Waals surface area (Å²) in [4.78, 5) is 8.94. The number of fused-ring (bicyclic) bond motifs is 2. The molecule has 2 aliphatic heterocycles. The molecule has 1 saturated heterocycles. The van der Waals surface area contributed by atoms with E-state index in [1.54, 1.807) is 0 Å². The molecule has 140 valence electrons. The van der Waals surface area contributed by atoms with E-state index in [9.17, 15) is 0 Å². The van der Waals surface area contributed by atoms with Crippen molar-refractivity contribution in [2.24, 2.45) is 0 Å². The van der Waals surface area contributed by atoms with Gasteiger partial charge in [0.2, 0.25) is 0 Å². The molecule has 0 saturated carbocycles. The van der Waals surface area contributed by atoms with Gasteiger partial charge in [0.25, 0.3) is 0 Å². The van der Waals surface area contributed by atoms with Crippen molar-refractivity contribution < 1.29 is 0 Å². The molecule has 0 N–H and O–H groups in total. The van der Waals surface area contributed by atoms with E-state index in [1.165, 1.54) is 31.8 Å². The van der Waals surface area contributed by atoms with Gasteiger partial charge in [-0.3, -0.25) is 0 Å². The summed E-state index contributed by atoms with van der Waals surface area (Å²) >= 11 is 1.96. The van der Waals surface area contributed by atoms with Crippen molar-refractivity contribution in [3.8, 4) is 0 Å². The number of benzene rings is 2. The van der Waals surface area contributed by atoms with Crippen molar-refractivity contribution in [2.75, 3.05) is 51.7 Å². The van der Waals surface area contributed by atoms with E-state index in [1.807, 2.05) is 11.3 Å². The normalized spacial score (nSPS) is 21.6. The second kappa shape index (κ2) is 6.93. The lowest BCUT2D eigenvalue weighted by Crippen LogP contribution is -2.44. The van der Waals surface area contributed by atoms with Crippen LogP contribution in [0.3, 0.4) is 0 Å². The van der Waals surface area contributed by atoms with E-state index < -0.39 is 0 Å². The molecule has 0 radical (unpaired) electrons. The van der Waals surface area contributed by atoms with E-state index >= 15 is 0 Å². The van der Waals surface area contributed by atoms with Gasteiger partial charge >= 0.3 is 0 Å². The van der Waals surface area contributed by atoms with E-state index in [2.05, 4.69) is 77.3 Å².